The van der Waals surface area contributed by atoms with Crippen molar-refractivity contribution in [2.75, 3.05) is 0 Å². The molecule has 0 heterocycles. The van der Waals surface area contributed by atoms with Crippen LogP contribution in [-0.2, 0) is 6.42 Å². The maximum atomic E-state index is 5.65. The molecule has 51 valence electrons. The Bertz CT molecular complexity index is 181. The van der Waals surface area contributed by atoms with Gasteiger partial charge in [0, 0.05) is 5.02 Å². The molecule has 0 spiro atoms. The number of benzene rings is 1. The van der Waals surface area contributed by atoms with E-state index < -0.39 is 0 Å². The second-order valence-electron chi connectivity index (χ2n) is 1.88. The van der Waals surface area contributed by atoms with Crippen LogP contribution in [0.15, 0.2) is 24.3 Å². The molecule has 0 unspecified atom stereocenters. The fraction of sp³-hybridized carbons (Fsp3) is 0.125. The van der Waals surface area contributed by atoms with Gasteiger partial charge in [-0.2, -0.15) is 0 Å². The average molecular weight is 166 g/mol. The maximum absolute atomic E-state index is 5.65. The predicted octanol–water partition coefficient (Wildman–Crippen LogP) is 1.80. The lowest BCUT2D eigenvalue weighted by Gasteiger charge is -1.92. The summed E-state index contributed by atoms with van der Waals surface area (Å²) in [6.07, 6.45) is 0.831. The number of rotatable bonds is 1. The van der Waals surface area contributed by atoms with Crippen molar-refractivity contribution in [1.82, 2.24) is 0 Å². The zero-order chi connectivity index (χ0) is 6.69. The Morgan fingerprint density at radius 1 is 1.20 bits per heavy atom. The second kappa shape index (κ2) is 5.00. The summed E-state index contributed by atoms with van der Waals surface area (Å²) in [6, 6.07) is 7.72. The van der Waals surface area contributed by atoms with Crippen molar-refractivity contribution in [2.45, 2.75) is 6.42 Å². The van der Waals surface area contributed by atoms with Crippen molar-refractivity contribution < 1.29 is 0 Å². The van der Waals surface area contributed by atoms with Gasteiger partial charge in [0.05, 0.1) is 0 Å². The van der Waals surface area contributed by atoms with Crippen LogP contribution in [-0.4, -0.2) is 23.1 Å². The summed E-state index contributed by atoms with van der Waals surface area (Å²) >= 11 is 5.65. The lowest BCUT2D eigenvalue weighted by molar-refractivity contribution is 1.27. The molecule has 0 amide bonds. The molecule has 0 aliphatic rings. The standard InChI is InChI=1S/C8H8Cl.Mg.2H/c1-2-7-3-5-8(9)6-4-7;;;/h3-6H,1-2H2;;;. The van der Waals surface area contributed by atoms with E-state index in [4.69, 9.17) is 11.6 Å². The van der Waals surface area contributed by atoms with Crippen LogP contribution >= 0.6 is 11.6 Å². The summed E-state index contributed by atoms with van der Waals surface area (Å²) < 4.78 is 0. The summed E-state index contributed by atoms with van der Waals surface area (Å²) in [4.78, 5) is 0. The molecule has 1 radical (unpaired) electrons. The Morgan fingerprint density at radius 2 is 1.70 bits per heavy atom. The normalized spacial score (nSPS) is 8.60. The highest BCUT2D eigenvalue weighted by Gasteiger charge is 1.86. The van der Waals surface area contributed by atoms with Gasteiger partial charge < -0.3 is 0 Å². The lowest BCUT2D eigenvalue weighted by atomic mass is 10.2. The molecule has 0 saturated carbocycles. The van der Waals surface area contributed by atoms with Crippen LogP contribution in [0.3, 0.4) is 0 Å². The minimum absolute atomic E-state index is 0. The van der Waals surface area contributed by atoms with Crippen LogP contribution in [0.4, 0.5) is 0 Å². The topological polar surface area (TPSA) is 0 Å². The Morgan fingerprint density at radius 3 is 2.10 bits per heavy atom. The molecular weight excluding hydrogens is 156 g/mol. The van der Waals surface area contributed by atoms with E-state index in [1.807, 2.05) is 24.3 Å². The first-order valence-electron chi connectivity index (χ1n) is 2.86. The largest absolute Gasteiger partial charge is 0.316 e. The fourth-order valence-corrected chi connectivity index (χ4v) is 0.777. The van der Waals surface area contributed by atoms with E-state index in [1.165, 1.54) is 5.56 Å². The molecule has 0 aliphatic heterocycles. The zero-order valence-electron chi connectivity index (χ0n) is 5.10. The molecule has 1 aromatic carbocycles. The van der Waals surface area contributed by atoms with Gasteiger partial charge in [0.15, 0.2) is 0 Å². The third kappa shape index (κ3) is 2.91. The van der Waals surface area contributed by atoms with Crippen LogP contribution in [0.5, 0.6) is 0 Å². The van der Waals surface area contributed by atoms with Crippen molar-refractivity contribution in [3.63, 3.8) is 0 Å². The van der Waals surface area contributed by atoms with Crippen LogP contribution in [0.1, 0.15) is 5.56 Å². The second-order valence-corrected chi connectivity index (χ2v) is 2.31. The van der Waals surface area contributed by atoms with E-state index in [-0.39, 0.29) is 23.1 Å². The monoisotopic (exact) mass is 165 g/mol. The molecule has 1 rings (SSSR count). The highest BCUT2D eigenvalue weighted by atomic mass is 35.5. The van der Waals surface area contributed by atoms with Crippen molar-refractivity contribution in [1.29, 1.82) is 0 Å². The fourth-order valence-electron chi connectivity index (χ4n) is 0.651. The quantitative estimate of drug-likeness (QED) is 0.558. The summed E-state index contributed by atoms with van der Waals surface area (Å²) in [5.74, 6) is 0. The summed E-state index contributed by atoms with van der Waals surface area (Å²) in [5.41, 5.74) is 1.22. The van der Waals surface area contributed by atoms with E-state index in [1.54, 1.807) is 0 Å². The molecule has 0 atom stereocenters. The highest BCUT2D eigenvalue weighted by Crippen LogP contribution is 2.08. The minimum Gasteiger partial charge on any atom is -0.0843 e. The first-order chi connectivity index (χ1) is 4.33. The van der Waals surface area contributed by atoms with Gasteiger partial charge in [-0.1, -0.05) is 23.7 Å². The van der Waals surface area contributed by atoms with Gasteiger partial charge in [-0.3, -0.25) is 0 Å². The maximum Gasteiger partial charge on any atom is 0.316 e. The number of hydrogen-bond donors (Lipinski definition) is 0. The number of hydrogen-bond acceptors (Lipinski definition) is 0. The van der Waals surface area contributed by atoms with Gasteiger partial charge in [0.1, 0.15) is 0 Å². The Kier molecular flexibility index (Phi) is 5.14. The van der Waals surface area contributed by atoms with Crippen molar-refractivity contribution in [3.8, 4) is 0 Å². The van der Waals surface area contributed by atoms with Crippen LogP contribution in [0.25, 0.3) is 0 Å². The molecule has 2 heteroatoms. The van der Waals surface area contributed by atoms with Crippen LogP contribution < -0.4 is 0 Å². The molecule has 1 aromatic rings. The molecule has 10 heavy (non-hydrogen) atoms. The lowest BCUT2D eigenvalue weighted by Crippen LogP contribution is -1.75. The van der Waals surface area contributed by atoms with E-state index in [2.05, 4.69) is 6.92 Å². The van der Waals surface area contributed by atoms with Gasteiger partial charge >= 0.3 is 23.1 Å². The van der Waals surface area contributed by atoms with Crippen molar-refractivity contribution in [3.05, 3.63) is 41.8 Å². The third-order valence-corrected chi connectivity index (χ3v) is 1.45. The Hall–Kier alpha value is 0.276. The van der Waals surface area contributed by atoms with Crippen LogP contribution in [0.2, 0.25) is 5.02 Å². The summed E-state index contributed by atoms with van der Waals surface area (Å²) in [7, 11) is 0. The molecule has 0 fully saturated rings. The molecular formula is C8H10ClMg. The molecule has 0 aromatic heterocycles. The van der Waals surface area contributed by atoms with Gasteiger partial charge in [-0.25, -0.2) is 0 Å². The number of halogens is 1. The molecule has 0 aliphatic carbocycles. The molecule has 0 saturated heterocycles. The van der Waals surface area contributed by atoms with E-state index in [0.29, 0.717) is 0 Å². The van der Waals surface area contributed by atoms with Gasteiger partial charge in [0.25, 0.3) is 0 Å². The molecule has 0 nitrogen and oxygen atoms in total. The summed E-state index contributed by atoms with van der Waals surface area (Å²) in [6.45, 7) is 3.74. The predicted molar refractivity (Wildman–Crippen MR) is 49.1 cm³/mol. The smallest absolute Gasteiger partial charge is 0.0843 e. The van der Waals surface area contributed by atoms with Gasteiger partial charge in [-0.05, 0) is 31.0 Å². The minimum atomic E-state index is 0. The molecule has 0 bridgehead atoms. The van der Waals surface area contributed by atoms with Gasteiger partial charge in [-0.15, -0.1) is 0 Å². The highest BCUT2D eigenvalue weighted by molar-refractivity contribution is 6.30. The van der Waals surface area contributed by atoms with Crippen LogP contribution in [0, 0.1) is 6.92 Å². The first kappa shape index (κ1) is 10.3. The van der Waals surface area contributed by atoms with Crippen molar-refractivity contribution >= 4 is 34.7 Å². The Labute approximate surface area is 82.7 Å². The van der Waals surface area contributed by atoms with E-state index >= 15 is 0 Å². The van der Waals surface area contributed by atoms with E-state index in [9.17, 15) is 0 Å². The SMILES string of the molecule is [CH2]Cc1ccc(Cl)cc1.[MgH2]. The Balaban J connectivity index is 0.000000810. The third-order valence-electron chi connectivity index (χ3n) is 1.20. The first-order valence-corrected chi connectivity index (χ1v) is 3.24. The van der Waals surface area contributed by atoms with Gasteiger partial charge in [0.2, 0.25) is 0 Å². The van der Waals surface area contributed by atoms with E-state index in [0.717, 1.165) is 11.4 Å². The van der Waals surface area contributed by atoms with Crippen molar-refractivity contribution in [2.24, 2.45) is 0 Å². The zero-order valence-corrected chi connectivity index (χ0v) is 5.86. The molecule has 0 N–H and O–H groups in total. The summed E-state index contributed by atoms with van der Waals surface area (Å²) in [5, 5.41) is 0.784. The average Bonchev–Trinajstić information content (AvgIpc) is 1.90.